The van der Waals surface area contributed by atoms with Gasteiger partial charge in [-0.15, -0.1) is 36.6 Å². The Balaban J connectivity index is -0.0000000309. The van der Waals surface area contributed by atoms with Crippen molar-refractivity contribution >= 4 is 0 Å². The molecule has 0 fully saturated rings. The average Bonchev–Trinajstić information content (AvgIpc) is 2.08. The zero-order valence-corrected chi connectivity index (χ0v) is 21.3. The molecule has 0 amide bonds. The summed E-state index contributed by atoms with van der Waals surface area (Å²) in [5.74, 6) is 0. The van der Waals surface area contributed by atoms with Gasteiger partial charge < -0.3 is 30.6 Å². The van der Waals surface area contributed by atoms with E-state index in [1.165, 1.54) is 0 Å². The van der Waals surface area contributed by atoms with E-state index in [-0.39, 0.29) is 21.1 Å². The van der Waals surface area contributed by atoms with Gasteiger partial charge in [0, 0.05) is 0 Å². The molecule has 0 spiro atoms. The van der Waals surface area contributed by atoms with Crippen molar-refractivity contribution in [2.75, 3.05) is 0 Å². The van der Waals surface area contributed by atoms with E-state index in [1.54, 1.807) is 83.1 Å². The molecule has 0 aliphatic carbocycles. The zero-order chi connectivity index (χ0) is 21.5. The maximum atomic E-state index is 9.53. The Morgan fingerprint density at radius 3 is 0.280 bits per heavy atom. The summed E-state index contributed by atoms with van der Waals surface area (Å²) in [7, 11) is 0. The van der Waals surface area contributed by atoms with Crippen LogP contribution in [0.3, 0.4) is 0 Å². The predicted molar refractivity (Wildman–Crippen MR) is 90.8 cm³/mol. The molecule has 0 aromatic heterocycles. The molecular weight excluding hydrogens is 496 g/mol. The SMILES string of the molecule is CC(C)[O-].CC(C)[O-].CC(C)[O-].CC(C)[O-].CC(C)[O-].CC(C)[O-].[W+6]. The molecule has 6 nitrogen and oxygen atoms in total. The maximum absolute atomic E-state index is 9.53. The fourth-order valence-corrected chi connectivity index (χ4v) is 0. The molecule has 156 valence electrons. The Morgan fingerprint density at radius 2 is 0.280 bits per heavy atom. The van der Waals surface area contributed by atoms with Crippen LogP contribution < -0.4 is 30.6 Å². The second-order valence-corrected chi connectivity index (χ2v) is 6.29. The average molecular weight is 538 g/mol. The molecular formula is C18H42O6W. The summed E-state index contributed by atoms with van der Waals surface area (Å²) in [6.45, 7) is 19.3. The van der Waals surface area contributed by atoms with Crippen molar-refractivity contribution in [3.05, 3.63) is 0 Å². The van der Waals surface area contributed by atoms with Crippen LogP contribution >= 0.6 is 0 Å². The van der Waals surface area contributed by atoms with Crippen LogP contribution in [0.2, 0.25) is 0 Å². The van der Waals surface area contributed by atoms with Crippen LogP contribution in [-0.4, -0.2) is 36.6 Å². The standard InChI is InChI=1S/6C3H7O.W/c6*1-3(2)4;/h6*3H,1-2H3;/q6*-1;+6. The van der Waals surface area contributed by atoms with Gasteiger partial charge in [0.25, 0.3) is 0 Å². The minimum atomic E-state index is -0.417. The fourth-order valence-electron chi connectivity index (χ4n) is 0. The van der Waals surface area contributed by atoms with Crippen LogP contribution in [0.1, 0.15) is 83.1 Å². The Bertz CT molecular complexity index is 101. The van der Waals surface area contributed by atoms with Crippen molar-refractivity contribution in [3.63, 3.8) is 0 Å². The molecule has 7 heteroatoms. The molecule has 0 rings (SSSR count). The third-order valence-electron chi connectivity index (χ3n) is 0. The Morgan fingerprint density at radius 1 is 0.280 bits per heavy atom. The normalized spacial score (nSPS) is 8.64. The fraction of sp³-hybridized carbons (Fsp3) is 1.00. The summed E-state index contributed by atoms with van der Waals surface area (Å²) in [5, 5.41) is 57.2. The van der Waals surface area contributed by atoms with Gasteiger partial charge in [0.15, 0.2) is 0 Å². The topological polar surface area (TPSA) is 138 Å². The van der Waals surface area contributed by atoms with Crippen molar-refractivity contribution in [2.45, 2.75) is 120 Å². The summed E-state index contributed by atoms with van der Waals surface area (Å²) in [6, 6.07) is 0. The number of hydrogen-bond acceptors (Lipinski definition) is 6. The van der Waals surface area contributed by atoms with Gasteiger partial charge in [-0.05, 0) is 0 Å². The Labute approximate surface area is 171 Å². The summed E-state index contributed by atoms with van der Waals surface area (Å²) in [5.41, 5.74) is 0. The van der Waals surface area contributed by atoms with Gasteiger partial charge in [0.05, 0.1) is 0 Å². The molecule has 0 aromatic rings. The van der Waals surface area contributed by atoms with E-state index in [4.69, 9.17) is 0 Å². The third kappa shape index (κ3) is 61300. The number of rotatable bonds is 0. The van der Waals surface area contributed by atoms with Gasteiger partial charge in [0.1, 0.15) is 0 Å². The van der Waals surface area contributed by atoms with Gasteiger partial charge in [0.2, 0.25) is 0 Å². The summed E-state index contributed by atoms with van der Waals surface area (Å²) in [4.78, 5) is 0. The van der Waals surface area contributed by atoms with Crippen LogP contribution in [0.5, 0.6) is 0 Å². The first-order valence-corrected chi connectivity index (χ1v) is 8.34. The van der Waals surface area contributed by atoms with E-state index >= 15 is 0 Å². The molecule has 0 heterocycles. The van der Waals surface area contributed by atoms with E-state index in [0.29, 0.717) is 0 Å². The van der Waals surface area contributed by atoms with Gasteiger partial charge >= 0.3 is 21.1 Å². The molecule has 0 radical (unpaired) electrons. The van der Waals surface area contributed by atoms with Gasteiger partial charge in [-0.25, -0.2) is 0 Å². The molecule has 25 heavy (non-hydrogen) atoms. The summed E-state index contributed by atoms with van der Waals surface area (Å²) >= 11 is 0. The molecule has 0 bridgehead atoms. The number of hydrogen-bond donors (Lipinski definition) is 0. The van der Waals surface area contributed by atoms with E-state index in [9.17, 15) is 30.6 Å². The van der Waals surface area contributed by atoms with Crippen molar-refractivity contribution < 1.29 is 51.7 Å². The Kier molecular flexibility index (Phi) is 70.6. The molecule has 0 aliphatic heterocycles. The molecule has 0 aromatic carbocycles. The summed E-state index contributed by atoms with van der Waals surface area (Å²) in [6.07, 6.45) is -2.50. The molecule has 0 N–H and O–H groups in total. The van der Waals surface area contributed by atoms with E-state index in [0.717, 1.165) is 0 Å². The second-order valence-electron chi connectivity index (χ2n) is 6.29. The first-order chi connectivity index (χ1) is 10.4. The smallest absolute Gasteiger partial charge is 0.852 e. The van der Waals surface area contributed by atoms with E-state index in [1.807, 2.05) is 0 Å². The minimum Gasteiger partial charge on any atom is -0.852 e. The van der Waals surface area contributed by atoms with E-state index < -0.39 is 36.6 Å². The molecule has 0 atom stereocenters. The predicted octanol–water partition coefficient (Wildman–Crippen LogP) is -1.47. The van der Waals surface area contributed by atoms with Crippen LogP contribution in [0.4, 0.5) is 0 Å². The first kappa shape index (κ1) is 44.7. The van der Waals surface area contributed by atoms with Gasteiger partial charge in [-0.1, -0.05) is 83.1 Å². The van der Waals surface area contributed by atoms with Crippen LogP contribution in [0.25, 0.3) is 0 Å². The zero-order valence-electron chi connectivity index (χ0n) is 18.3. The maximum Gasteiger partial charge on any atom is 6.00 e. The van der Waals surface area contributed by atoms with Crippen molar-refractivity contribution in [1.29, 1.82) is 0 Å². The van der Waals surface area contributed by atoms with Crippen molar-refractivity contribution in [2.24, 2.45) is 0 Å². The summed E-state index contributed by atoms with van der Waals surface area (Å²) < 4.78 is 0. The molecule has 0 saturated heterocycles. The minimum absolute atomic E-state index is 0. The second kappa shape index (κ2) is 39.5. The van der Waals surface area contributed by atoms with E-state index in [2.05, 4.69) is 0 Å². The van der Waals surface area contributed by atoms with Crippen molar-refractivity contribution in [3.8, 4) is 0 Å². The first-order valence-electron chi connectivity index (χ1n) is 8.34. The quantitative estimate of drug-likeness (QED) is 0.369. The van der Waals surface area contributed by atoms with Gasteiger partial charge in [-0.3, -0.25) is 0 Å². The van der Waals surface area contributed by atoms with Crippen LogP contribution in [0, 0.1) is 0 Å². The molecule has 0 saturated carbocycles. The van der Waals surface area contributed by atoms with Gasteiger partial charge in [-0.2, -0.15) is 0 Å². The largest absolute Gasteiger partial charge is 6.00 e. The van der Waals surface area contributed by atoms with Crippen LogP contribution in [0.15, 0.2) is 0 Å². The monoisotopic (exact) mass is 538 g/mol. The van der Waals surface area contributed by atoms with Crippen molar-refractivity contribution in [1.82, 2.24) is 0 Å². The molecule has 0 unspecified atom stereocenters. The third-order valence-corrected chi connectivity index (χ3v) is 0. The molecule has 0 aliphatic rings. The Hall–Kier alpha value is 0.448. The van der Waals surface area contributed by atoms with Crippen LogP contribution in [-0.2, 0) is 21.1 Å².